The number of carbonyl (C=O) groups is 1. The first-order chi connectivity index (χ1) is 25.4. The van der Waals surface area contributed by atoms with Gasteiger partial charge in [-0.25, -0.2) is 0 Å². The van der Waals surface area contributed by atoms with E-state index in [1.54, 1.807) is 0 Å². The molecule has 0 aliphatic carbocycles. The van der Waals surface area contributed by atoms with Crippen molar-refractivity contribution in [1.29, 1.82) is 0 Å². The maximum Gasteiger partial charge on any atom is 0.306 e. The Morgan fingerprint density at radius 3 is 1.77 bits per heavy atom. The fourth-order valence-corrected chi connectivity index (χ4v) is 5.75. The molecule has 1 rings (SSSR count). The molecule has 0 saturated carbocycles. The third-order valence-electron chi connectivity index (χ3n) is 8.95. The van der Waals surface area contributed by atoms with E-state index >= 15 is 0 Å². The van der Waals surface area contributed by atoms with Crippen LogP contribution in [0.25, 0.3) is 0 Å². The SMILES string of the molecule is CC/C=C\C/C=C\C/C=C\C/C=C\C/C=C\CCCCCCCC(=O)OC(COCCCCCCCCCC)COC1OC(CO)C(O)C(O)C1O. The van der Waals surface area contributed by atoms with E-state index in [1.165, 1.54) is 38.5 Å². The second-order valence-corrected chi connectivity index (χ2v) is 13.7. The number of esters is 1. The van der Waals surface area contributed by atoms with Crippen molar-refractivity contribution in [3.05, 3.63) is 60.8 Å². The Morgan fingerprint density at radius 2 is 1.17 bits per heavy atom. The Hall–Kier alpha value is -2.11. The fourth-order valence-electron chi connectivity index (χ4n) is 5.75. The van der Waals surface area contributed by atoms with Gasteiger partial charge in [-0.2, -0.15) is 0 Å². The van der Waals surface area contributed by atoms with Crippen molar-refractivity contribution < 1.29 is 44.2 Å². The molecule has 1 aliphatic rings. The predicted molar refractivity (Wildman–Crippen MR) is 210 cm³/mol. The summed E-state index contributed by atoms with van der Waals surface area (Å²) in [4.78, 5) is 12.7. The lowest BCUT2D eigenvalue weighted by atomic mass is 9.99. The Labute approximate surface area is 315 Å². The van der Waals surface area contributed by atoms with Crippen LogP contribution in [0.15, 0.2) is 60.8 Å². The summed E-state index contributed by atoms with van der Waals surface area (Å²) in [6.45, 7) is 4.37. The number of carbonyl (C=O) groups excluding carboxylic acids is 1. The summed E-state index contributed by atoms with van der Waals surface area (Å²) < 4.78 is 22.6. The number of hydrogen-bond donors (Lipinski definition) is 4. The predicted octanol–water partition coefficient (Wildman–Crippen LogP) is 8.35. The number of aliphatic hydroxyl groups is 4. The molecule has 0 amide bonds. The molecule has 1 saturated heterocycles. The summed E-state index contributed by atoms with van der Waals surface area (Å²) in [6, 6.07) is 0. The second kappa shape index (κ2) is 34.6. The monoisotopic (exact) mass is 735 g/mol. The average molecular weight is 735 g/mol. The zero-order valence-corrected chi connectivity index (χ0v) is 32.5. The molecule has 300 valence electrons. The van der Waals surface area contributed by atoms with E-state index in [2.05, 4.69) is 74.6 Å². The van der Waals surface area contributed by atoms with Crippen LogP contribution in [0.5, 0.6) is 0 Å². The summed E-state index contributed by atoms with van der Waals surface area (Å²) in [5.41, 5.74) is 0. The van der Waals surface area contributed by atoms with Crippen molar-refractivity contribution in [3.63, 3.8) is 0 Å². The summed E-state index contributed by atoms with van der Waals surface area (Å²) in [6.07, 6.45) is 35.4. The van der Waals surface area contributed by atoms with E-state index in [0.717, 1.165) is 83.5 Å². The Balaban J connectivity index is 2.28. The fraction of sp³-hybridized carbons (Fsp3) is 0.744. The highest BCUT2D eigenvalue weighted by Crippen LogP contribution is 2.22. The van der Waals surface area contributed by atoms with Gasteiger partial charge < -0.3 is 39.4 Å². The van der Waals surface area contributed by atoms with Crippen molar-refractivity contribution in [2.75, 3.05) is 26.4 Å². The summed E-state index contributed by atoms with van der Waals surface area (Å²) in [7, 11) is 0. The average Bonchev–Trinajstić information content (AvgIpc) is 3.14. The van der Waals surface area contributed by atoms with Gasteiger partial charge >= 0.3 is 5.97 Å². The normalized spacial score (nSPS) is 21.8. The highest BCUT2D eigenvalue weighted by atomic mass is 16.7. The molecule has 9 heteroatoms. The molecule has 1 fully saturated rings. The van der Waals surface area contributed by atoms with Gasteiger partial charge in [0.2, 0.25) is 0 Å². The summed E-state index contributed by atoms with van der Waals surface area (Å²) >= 11 is 0. The van der Waals surface area contributed by atoms with Crippen molar-refractivity contribution in [1.82, 2.24) is 0 Å². The number of ether oxygens (including phenoxy) is 4. The Kier molecular flexibility index (Phi) is 31.9. The zero-order valence-electron chi connectivity index (χ0n) is 32.5. The van der Waals surface area contributed by atoms with Crippen LogP contribution >= 0.6 is 0 Å². The minimum absolute atomic E-state index is 0.123. The van der Waals surface area contributed by atoms with Gasteiger partial charge in [0.1, 0.15) is 30.5 Å². The van der Waals surface area contributed by atoms with Crippen molar-refractivity contribution in [2.24, 2.45) is 0 Å². The molecule has 0 spiro atoms. The smallest absolute Gasteiger partial charge is 0.306 e. The molecule has 6 unspecified atom stereocenters. The lowest BCUT2D eigenvalue weighted by Crippen LogP contribution is -2.59. The van der Waals surface area contributed by atoms with Crippen LogP contribution in [-0.2, 0) is 23.7 Å². The lowest BCUT2D eigenvalue weighted by Gasteiger charge is -2.39. The molecular formula is C43H74O9. The van der Waals surface area contributed by atoms with E-state index < -0.39 is 43.4 Å². The quantitative estimate of drug-likeness (QED) is 0.0298. The second-order valence-electron chi connectivity index (χ2n) is 13.7. The highest BCUT2D eigenvalue weighted by Gasteiger charge is 2.44. The maximum absolute atomic E-state index is 12.7. The van der Waals surface area contributed by atoms with Crippen molar-refractivity contribution >= 4 is 5.97 Å². The third kappa shape index (κ3) is 25.8. The van der Waals surface area contributed by atoms with Crippen LogP contribution in [0.1, 0.15) is 142 Å². The van der Waals surface area contributed by atoms with Crippen molar-refractivity contribution in [2.45, 2.75) is 179 Å². The van der Waals surface area contributed by atoms with Crippen LogP contribution in [0.3, 0.4) is 0 Å². The number of rotatable bonds is 33. The first-order valence-corrected chi connectivity index (χ1v) is 20.4. The Bertz CT molecular complexity index is 974. The van der Waals surface area contributed by atoms with Crippen molar-refractivity contribution in [3.8, 4) is 0 Å². The largest absolute Gasteiger partial charge is 0.457 e. The van der Waals surface area contributed by atoms with Gasteiger partial charge in [-0.05, 0) is 57.8 Å². The topological polar surface area (TPSA) is 135 Å². The van der Waals surface area contributed by atoms with Gasteiger partial charge in [-0.3, -0.25) is 4.79 Å². The molecule has 0 radical (unpaired) electrons. The zero-order chi connectivity index (χ0) is 37.9. The molecule has 0 bridgehead atoms. The first kappa shape index (κ1) is 47.9. The Morgan fingerprint density at radius 1 is 0.635 bits per heavy atom. The number of unbranched alkanes of at least 4 members (excludes halogenated alkanes) is 12. The van der Waals surface area contributed by atoms with Gasteiger partial charge in [-0.1, -0.05) is 139 Å². The van der Waals surface area contributed by atoms with Gasteiger partial charge in [0.25, 0.3) is 0 Å². The van der Waals surface area contributed by atoms with Gasteiger partial charge in [0.15, 0.2) is 6.29 Å². The van der Waals surface area contributed by atoms with E-state index in [0.29, 0.717) is 13.0 Å². The standard InChI is InChI=1S/C43H74O9/c1-3-5-7-9-11-13-14-15-16-17-18-19-20-21-22-23-24-25-26-28-30-32-39(45)51-37(35-49-33-31-29-27-12-10-8-6-4-2)36-50-43-42(48)41(47)40(46)38(34-44)52-43/h5,7,11,13,15-16,18-19,21-22,37-38,40-44,46-48H,3-4,6,8-10,12,14,17,20,23-36H2,1-2H3/b7-5-,13-11-,16-15-,19-18-,22-21-. The lowest BCUT2D eigenvalue weighted by molar-refractivity contribution is -0.305. The molecule has 0 aromatic carbocycles. The van der Waals surface area contributed by atoms with Crippen LogP contribution in [-0.4, -0.2) is 89.6 Å². The van der Waals surface area contributed by atoms with Gasteiger partial charge in [0.05, 0.1) is 19.8 Å². The molecule has 0 aromatic rings. The van der Waals surface area contributed by atoms with E-state index in [9.17, 15) is 25.2 Å². The molecule has 6 atom stereocenters. The minimum Gasteiger partial charge on any atom is -0.457 e. The third-order valence-corrected chi connectivity index (χ3v) is 8.95. The van der Waals surface area contributed by atoms with E-state index in [1.807, 2.05) is 0 Å². The van der Waals surface area contributed by atoms with Crippen LogP contribution < -0.4 is 0 Å². The van der Waals surface area contributed by atoms with Gasteiger partial charge in [0, 0.05) is 13.0 Å². The first-order valence-electron chi connectivity index (χ1n) is 20.4. The van der Waals surface area contributed by atoms with E-state index in [4.69, 9.17) is 18.9 Å². The van der Waals surface area contributed by atoms with Crippen LogP contribution in [0.2, 0.25) is 0 Å². The van der Waals surface area contributed by atoms with Crippen LogP contribution in [0.4, 0.5) is 0 Å². The molecular weight excluding hydrogens is 660 g/mol. The van der Waals surface area contributed by atoms with E-state index in [-0.39, 0.29) is 19.2 Å². The molecule has 0 aromatic heterocycles. The summed E-state index contributed by atoms with van der Waals surface area (Å²) in [5.74, 6) is -0.336. The molecule has 1 heterocycles. The minimum atomic E-state index is -1.54. The maximum atomic E-state index is 12.7. The highest BCUT2D eigenvalue weighted by molar-refractivity contribution is 5.69. The number of aliphatic hydroxyl groups excluding tert-OH is 4. The van der Waals surface area contributed by atoms with Crippen LogP contribution in [0, 0.1) is 0 Å². The number of hydrogen-bond acceptors (Lipinski definition) is 9. The molecule has 4 N–H and O–H groups in total. The molecule has 1 aliphatic heterocycles. The number of allylic oxidation sites excluding steroid dienone is 10. The molecule has 52 heavy (non-hydrogen) atoms. The van der Waals surface area contributed by atoms with Gasteiger partial charge in [-0.15, -0.1) is 0 Å². The summed E-state index contributed by atoms with van der Waals surface area (Å²) in [5, 5.41) is 39.9. The molecule has 9 nitrogen and oxygen atoms in total.